The zero-order valence-electron chi connectivity index (χ0n) is 12.9. The number of hydrogen-bond donors (Lipinski definition) is 1. The van der Waals surface area contributed by atoms with Crippen molar-refractivity contribution in [1.29, 1.82) is 0 Å². The minimum atomic E-state index is -0.613. The van der Waals surface area contributed by atoms with E-state index in [9.17, 15) is 8.78 Å². The first-order chi connectivity index (χ1) is 12.2. The molecule has 5 heteroatoms. The van der Waals surface area contributed by atoms with Gasteiger partial charge in [0.1, 0.15) is 23.0 Å². The van der Waals surface area contributed by atoms with E-state index in [1.807, 2.05) is 30.3 Å². The number of halogens is 2. The molecule has 120 valence electrons. The Morgan fingerprint density at radius 1 is 0.840 bits per heavy atom. The molecule has 1 N–H and O–H groups in total. The van der Waals surface area contributed by atoms with Crippen LogP contribution < -0.4 is 0 Å². The van der Waals surface area contributed by atoms with Gasteiger partial charge in [-0.2, -0.15) is 5.10 Å². The number of hydrogen-bond acceptors (Lipinski definition) is 2. The van der Waals surface area contributed by atoms with E-state index in [1.54, 1.807) is 12.3 Å². The van der Waals surface area contributed by atoms with Gasteiger partial charge in [-0.15, -0.1) is 0 Å². The van der Waals surface area contributed by atoms with Crippen LogP contribution in [-0.4, -0.2) is 15.2 Å². The molecule has 0 bridgehead atoms. The molecule has 0 saturated heterocycles. The van der Waals surface area contributed by atoms with Gasteiger partial charge in [0.15, 0.2) is 0 Å². The molecule has 4 rings (SSSR count). The minimum absolute atomic E-state index is 0.462. The van der Waals surface area contributed by atoms with Gasteiger partial charge < -0.3 is 0 Å². The predicted octanol–water partition coefficient (Wildman–Crippen LogP) is 4.30. The first kappa shape index (κ1) is 15.0. The Kier molecular flexibility index (Phi) is 3.71. The lowest BCUT2D eigenvalue weighted by atomic mass is 10.0. The van der Waals surface area contributed by atoms with Crippen molar-refractivity contribution in [3.05, 3.63) is 83.8 Å². The van der Waals surface area contributed by atoms with Crippen LogP contribution in [0.4, 0.5) is 8.78 Å². The highest BCUT2D eigenvalue weighted by molar-refractivity contribution is 5.88. The molecular formula is C20H11F2N3. The van der Waals surface area contributed by atoms with Crippen molar-refractivity contribution in [3.8, 4) is 23.0 Å². The van der Waals surface area contributed by atoms with Crippen molar-refractivity contribution in [2.45, 2.75) is 0 Å². The molecule has 0 unspecified atom stereocenters. The lowest BCUT2D eigenvalue weighted by Crippen LogP contribution is -1.85. The third-order valence-corrected chi connectivity index (χ3v) is 3.73. The number of nitrogens with one attached hydrogen (secondary N) is 1. The monoisotopic (exact) mass is 331 g/mol. The number of aromatic amines is 1. The second-order valence-electron chi connectivity index (χ2n) is 5.46. The standard InChI is InChI=1S/C20H11F2N3/c21-15-9-14(10-16(22)12-15)13-4-6-19-18(11-13)20(25-24-19)7-5-17-3-1-2-8-23-17/h1-4,6,8-12H,(H,24,25). The van der Waals surface area contributed by atoms with Gasteiger partial charge in [0.25, 0.3) is 0 Å². The summed E-state index contributed by atoms with van der Waals surface area (Å²) in [4.78, 5) is 4.15. The topological polar surface area (TPSA) is 41.6 Å². The molecule has 0 amide bonds. The van der Waals surface area contributed by atoms with Gasteiger partial charge in [0.2, 0.25) is 0 Å². The third kappa shape index (κ3) is 3.10. The van der Waals surface area contributed by atoms with Crippen molar-refractivity contribution in [2.24, 2.45) is 0 Å². The highest BCUT2D eigenvalue weighted by Crippen LogP contribution is 2.26. The predicted molar refractivity (Wildman–Crippen MR) is 91.7 cm³/mol. The first-order valence-corrected chi connectivity index (χ1v) is 7.57. The molecule has 0 radical (unpaired) electrons. The third-order valence-electron chi connectivity index (χ3n) is 3.73. The van der Waals surface area contributed by atoms with E-state index in [-0.39, 0.29) is 0 Å². The molecule has 0 aliphatic heterocycles. The van der Waals surface area contributed by atoms with Gasteiger partial charge >= 0.3 is 0 Å². The summed E-state index contributed by atoms with van der Waals surface area (Å²) in [5.41, 5.74) is 3.14. The van der Waals surface area contributed by atoms with Crippen molar-refractivity contribution in [1.82, 2.24) is 15.2 Å². The fraction of sp³-hybridized carbons (Fsp3) is 0. The van der Waals surface area contributed by atoms with Crippen LogP contribution in [0.25, 0.3) is 22.0 Å². The fourth-order valence-electron chi connectivity index (χ4n) is 2.57. The van der Waals surface area contributed by atoms with Gasteiger partial charge in [0, 0.05) is 17.6 Å². The summed E-state index contributed by atoms with van der Waals surface area (Å²) in [5.74, 6) is 4.71. The highest BCUT2D eigenvalue weighted by Gasteiger charge is 2.08. The SMILES string of the molecule is Fc1cc(F)cc(-c2ccc3[nH]nc(C#Cc4ccccn4)c3c2)c1. The maximum Gasteiger partial charge on any atom is 0.143 e. The molecule has 3 nitrogen and oxygen atoms in total. The molecule has 4 aromatic rings. The summed E-state index contributed by atoms with van der Waals surface area (Å²) in [7, 11) is 0. The van der Waals surface area contributed by atoms with Gasteiger partial charge in [-0.3, -0.25) is 5.10 Å². The van der Waals surface area contributed by atoms with Crippen LogP contribution in [0.3, 0.4) is 0 Å². The molecule has 0 fully saturated rings. The molecule has 0 atom stereocenters. The van der Waals surface area contributed by atoms with Crippen LogP contribution in [0.15, 0.2) is 60.8 Å². The summed E-state index contributed by atoms with van der Waals surface area (Å²) >= 11 is 0. The van der Waals surface area contributed by atoms with Crippen LogP contribution in [0.5, 0.6) is 0 Å². The minimum Gasteiger partial charge on any atom is -0.277 e. The zero-order chi connectivity index (χ0) is 17.2. The Morgan fingerprint density at radius 2 is 1.68 bits per heavy atom. The van der Waals surface area contributed by atoms with Crippen molar-refractivity contribution < 1.29 is 8.78 Å². The smallest absolute Gasteiger partial charge is 0.143 e. The van der Waals surface area contributed by atoms with Crippen molar-refractivity contribution in [2.75, 3.05) is 0 Å². The van der Waals surface area contributed by atoms with E-state index in [2.05, 4.69) is 27.0 Å². The second kappa shape index (κ2) is 6.17. The number of aromatic nitrogens is 3. The molecule has 2 aromatic heterocycles. The lowest BCUT2D eigenvalue weighted by molar-refractivity contribution is 0.584. The van der Waals surface area contributed by atoms with Gasteiger partial charge in [0.05, 0.1) is 5.52 Å². The quantitative estimate of drug-likeness (QED) is 0.528. The lowest BCUT2D eigenvalue weighted by Gasteiger charge is -2.03. The normalized spacial score (nSPS) is 10.5. The van der Waals surface area contributed by atoms with Gasteiger partial charge in [-0.1, -0.05) is 12.1 Å². The van der Waals surface area contributed by atoms with Crippen molar-refractivity contribution in [3.63, 3.8) is 0 Å². The Morgan fingerprint density at radius 3 is 2.44 bits per heavy atom. The Hall–Kier alpha value is -3.52. The molecule has 25 heavy (non-hydrogen) atoms. The summed E-state index contributed by atoms with van der Waals surface area (Å²) < 4.78 is 26.9. The number of nitrogens with zero attached hydrogens (tertiary/aromatic N) is 2. The Bertz CT molecular complexity index is 1100. The molecule has 2 heterocycles. The molecule has 0 spiro atoms. The van der Waals surface area contributed by atoms with Crippen molar-refractivity contribution >= 4 is 10.9 Å². The van der Waals surface area contributed by atoms with Crippen LogP contribution >= 0.6 is 0 Å². The largest absolute Gasteiger partial charge is 0.277 e. The fourth-order valence-corrected chi connectivity index (χ4v) is 2.57. The Balaban J connectivity index is 1.79. The van der Waals surface area contributed by atoms with E-state index in [1.165, 1.54) is 12.1 Å². The van der Waals surface area contributed by atoms with E-state index in [4.69, 9.17) is 0 Å². The van der Waals surface area contributed by atoms with Gasteiger partial charge in [-0.25, -0.2) is 13.8 Å². The van der Waals surface area contributed by atoms with E-state index >= 15 is 0 Å². The summed E-state index contributed by atoms with van der Waals surface area (Å²) in [6.45, 7) is 0. The number of rotatable bonds is 1. The molecule has 0 saturated carbocycles. The van der Waals surface area contributed by atoms with Crippen LogP contribution in [0.1, 0.15) is 11.4 Å². The molecule has 0 aliphatic rings. The van der Waals surface area contributed by atoms with E-state index < -0.39 is 11.6 Å². The average Bonchev–Trinajstić information content (AvgIpc) is 3.02. The number of benzene rings is 2. The maximum absolute atomic E-state index is 13.5. The van der Waals surface area contributed by atoms with E-state index in [0.29, 0.717) is 22.5 Å². The maximum atomic E-state index is 13.5. The highest BCUT2D eigenvalue weighted by atomic mass is 19.1. The number of pyridine rings is 1. The van der Waals surface area contributed by atoms with Crippen LogP contribution in [0.2, 0.25) is 0 Å². The summed E-state index contributed by atoms with van der Waals surface area (Å²) in [6, 6.07) is 14.3. The Labute approximate surface area is 142 Å². The van der Waals surface area contributed by atoms with E-state index in [0.717, 1.165) is 17.0 Å². The summed E-state index contributed by atoms with van der Waals surface area (Å²) in [5, 5.41) is 7.89. The summed E-state index contributed by atoms with van der Waals surface area (Å²) in [6.07, 6.45) is 1.67. The van der Waals surface area contributed by atoms with Gasteiger partial charge in [-0.05, 0) is 59.4 Å². The molecular weight excluding hydrogens is 320 g/mol. The molecule has 0 aliphatic carbocycles. The molecule has 2 aromatic carbocycles. The first-order valence-electron chi connectivity index (χ1n) is 7.57. The van der Waals surface area contributed by atoms with Crippen LogP contribution in [0, 0.1) is 23.5 Å². The number of H-pyrrole nitrogens is 1. The van der Waals surface area contributed by atoms with Crippen LogP contribution in [-0.2, 0) is 0 Å². The number of fused-ring (bicyclic) bond motifs is 1. The average molecular weight is 331 g/mol. The zero-order valence-corrected chi connectivity index (χ0v) is 12.9. The second-order valence-corrected chi connectivity index (χ2v) is 5.46.